The molecule has 0 spiro atoms. The summed E-state index contributed by atoms with van der Waals surface area (Å²) in [5.74, 6) is 0.650. The molecular formula is C21H41NO6. The van der Waals surface area contributed by atoms with Crippen LogP contribution in [0, 0.1) is 11.8 Å². The molecule has 1 fully saturated rings. The van der Waals surface area contributed by atoms with Gasteiger partial charge in [0.15, 0.2) is 0 Å². The fourth-order valence-electron chi connectivity index (χ4n) is 3.26. The summed E-state index contributed by atoms with van der Waals surface area (Å²) in [4.78, 5) is 24.0. The van der Waals surface area contributed by atoms with Crippen LogP contribution < -0.4 is 5.32 Å². The van der Waals surface area contributed by atoms with Crippen LogP contribution in [0.4, 0.5) is 0 Å². The number of carbonyl (C=O) groups is 2. The summed E-state index contributed by atoms with van der Waals surface area (Å²) in [6.07, 6.45) is 3.88. The maximum Gasteiger partial charge on any atom is 0.222 e. The van der Waals surface area contributed by atoms with Crippen molar-refractivity contribution >= 4 is 11.7 Å². The number of nitrogens with one attached hydrogen (secondary N) is 1. The lowest BCUT2D eigenvalue weighted by Gasteiger charge is -2.29. The maximum atomic E-state index is 12.0. The molecule has 28 heavy (non-hydrogen) atoms. The first-order valence-electron chi connectivity index (χ1n) is 10.7. The van der Waals surface area contributed by atoms with Gasteiger partial charge < -0.3 is 24.3 Å². The van der Waals surface area contributed by atoms with E-state index in [2.05, 4.69) is 5.32 Å². The van der Waals surface area contributed by atoms with Crippen LogP contribution >= 0.6 is 0 Å². The number of ether oxygens (including phenoxy) is 4. The van der Waals surface area contributed by atoms with Crippen LogP contribution in [-0.2, 0) is 28.5 Å². The fraction of sp³-hybridized carbons (Fsp3) is 0.905. The normalized spacial score (nSPS) is 19.7. The van der Waals surface area contributed by atoms with Gasteiger partial charge in [-0.2, -0.15) is 0 Å². The van der Waals surface area contributed by atoms with E-state index in [1.54, 1.807) is 0 Å². The van der Waals surface area contributed by atoms with Gasteiger partial charge in [0.1, 0.15) is 5.78 Å². The smallest absolute Gasteiger partial charge is 0.222 e. The van der Waals surface area contributed by atoms with Crippen molar-refractivity contribution in [3.8, 4) is 0 Å². The van der Waals surface area contributed by atoms with Crippen LogP contribution in [0.5, 0.6) is 0 Å². The first kappa shape index (κ1) is 25.0. The minimum atomic E-state index is 0. The van der Waals surface area contributed by atoms with Gasteiger partial charge in [0.05, 0.1) is 46.2 Å². The van der Waals surface area contributed by atoms with Crippen molar-refractivity contribution in [3.05, 3.63) is 0 Å². The third-order valence-electron chi connectivity index (χ3n) is 4.86. The molecule has 0 aromatic heterocycles. The van der Waals surface area contributed by atoms with E-state index in [0.29, 0.717) is 65.1 Å². The molecule has 0 unspecified atom stereocenters. The molecule has 7 nitrogen and oxygen atoms in total. The topological polar surface area (TPSA) is 83.1 Å². The summed E-state index contributed by atoms with van der Waals surface area (Å²) < 4.78 is 21.3. The van der Waals surface area contributed by atoms with Crippen LogP contribution in [0.3, 0.4) is 0 Å². The molecule has 1 N–H and O–H groups in total. The lowest BCUT2D eigenvalue weighted by Crippen LogP contribution is -2.39. The van der Waals surface area contributed by atoms with E-state index >= 15 is 0 Å². The predicted molar refractivity (Wildman–Crippen MR) is 109 cm³/mol. The average molecular weight is 404 g/mol. The standard InChI is InChI=1S/C21H39NO6.H2/c1-4-25-11-12-27-15-16-28-14-13-26-10-9-20(23)22-19-7-5-18(6-8-19)21(24)17(2)3;/h17-19H,4-16H2,1-3H3,(H,22,23);1H. The molecule has 1 aliphatic carbocycles. The van der Waals surface area contributed by atoms with E-state index in [9.17, 15) is 9.59 Å². The van der Waals surface area contributed by atoms with E-state index in [1.165, 1.54) is 0 Å². The van der Waals surface area contributed by atoms with Crippen LogP contribution in [0.2, 0.25) is 0 Å². The Morgan fingerprint density at radius 2 is 1.36 bits per heavy atom. The minimum absolute atomic E-state index is 0. The van der Waals surface area contributed by atoms with Crippen molar-refractivity contribution in [2.24, 2.45) is 11.8 Å². The Morgan fingerprint density at radius 3 is 1.86 bits per heavy atom. The molecular weight excluding hydrogens is 362 g/mol. The van der Waals surface area contributed by atoms with Gasteiger partial charge in [0.2, 0.25) is 5.91 Å². The Hall–Kier alpha value is -1.02. The van der Waals surface area contributed by atoms with Gasteiger partial charge in [-0.05, 0) is 32.6 Å². The Morgan fingerprint density at radius 1 is 0.857 bits per heavy atom. The summed E-state index contributed by atoms with van der Waals surface area (Å²) in [6, 6.07) is 0.190. The summed E-state index contributed by atoms with van der Waals surface area (Å²) in [5, 5.41) is 3.06. The number of ketones is 1. The SMILES string of the molecule is CCOCCOCCOCCOCCC(=O)NC1CCC(C(=O)C(C)C)CC1.[HH]. The van der Waals surface area contributed by atoms with Crippen LogP contribution in [0.1, 0.15) is 54.3 Å². The number of hydrogen-bond donors (Lipinski definition) is 1. The molecule has 1 rings (SSSR count). The Bertz CT molecular complexity index is 427. The summed E-state index contributed by atoms with van der Waals surface area (Å²) in [5.41, 5.74) is 0. The van der Waals surface area contributed by atoms with Gasteiger partial charge >= 0.3 is 0 Å². The number of hydrogen-bond acceptors (Lipinski definition) is 6. The van der Waals surface area contributed by atoms with E-state index in [4.69, 9.17) is 18.9 Å². The van der Waals surface area contributed by atoms with E-state index < -0.39 is 0 Å². The van der Waals surface area contributed by atoms with Gasteiger partial charge in [0.25, 0.3) is 0 Å². The quantitative estimate of drug-likeness (QED) is 0.399. The molecule has 7 heteroatoms. The number of Topliss-reactive ketones (excluding diaryl/α,β-unsaturated/α-hetero) is 1. The third kappa shape index (κ3) is 11.7. The molecule has 0 bridgehead atoms. The Labute approximate surface area is 171 Å². The molecule has 0 aromatic rings. The summed E-state index contributed by atoms with van der Waals surface area (Å²) >= 11 is 0. The molecule has 1 saturated carbocycles. The van der Waals surface area contributed by atoms with Crippen molar-refractivity contribution in [1.82, 2.24) is 5.32 Å². The zero-order valence-electron chi connectivity index (χ0n) is 17.9. The van der Waals surface area contributed by atoms with Crippen molar-refractivity contribution in [1.29, 1.82) is 0 Å². The fourth-order valence-corrected chi connectivity index (χ4v) is 3.26. The van der Waals surface area contributed by atoms with Crippen LogP contribution in [-0.4, -0.2) is 70.6 Å². The third-order valence-corrected chi connectivity index (χ3v) is 4.86. The van der Waals surface area contributed by atoms with Gasteiger partial charge in [0, 0.05) is 32.3 Å². The average Bonchev–Trinajstić information content (AvgIpc) is 2.68. The zero-order chi connectivity index (χ0) is 20.6. The highest BCUT2D eigenvalue weighted by atomic mass is 16.6. The second kappa shape index (κ2) is 15.9. The van der Waals surface area contributed by atoms with Crippen molar-refractivity contribution < 1.29 is 30.0 Å². The highest BCUT2D eigenvalue weighted by Crippen LogP contribution is 2.27. The second-order valence-corrected chi connectivity index (χ2v) is 7.46. The van der Waals surface area contributed by atoms with E-state index in [0.717, 1.165) is 25.7 Å². The summed E-state index contributed by atoms with van der Waals surface area (Å²) in [6.45, 7) is 10.2. The monoisotopic (exact) mass is 403 g/mol. The lowest BCUT2D eigenvalue weighted by atomic mass is 9.80. The number of amides is 1. The highest BCUT2D eigenvalue weighted by Gasteiger charge is 2.28. The van der Waals surface area contributed by atoms with Crippen LogP contribution in [0.15, 0.2) is 0 Å². The molecule has 0 saturated heterocycles. The molecule has 0 heterocycles. The molecule has 0 aliphatic heterocycles. The summed E-state index contributed by atoms with van der Waals surface area (Å²) in [7, 11) is 0. The van der Waals surface area contributed by atoms with Gasteiger partial charge in [-0.25, -0.2) is 0 Å². The van der Waals surface area contributed by atoms with Gasteiger partial charge in [-0.1, -0.05) is 13.8 Å². The second-order valence-electron chi connectivity index (χ2n) is 7.46. The van der Waals surface area contributed by atoms with E-state index in [-0.39, 0.29) is 25.2 Å². The maximum absolute atomic E-state index is 12.0. The molecule has 166 valence electrons. The van der Waals surface area contributed by atoms with E-state index in [1.807, 2.05) is 20.8 Å². The molecule has 1 amide bonds. The number of rotatable bonds is 16. The van der Waals surface area contributed by atoms with Crippen LogP contribution in [0.25, 0.3) is 0 Å². The highest BCUT2D eigenvalue weighted by molar-refractivity contribution is 5.83. The van der Waals surface area contributed by atoms with Crippen molar-refractivity contribution in [2.75, 3.05) is 52.9 Å². The van der Waals surface area contributed by atoms with Crippen molar-refractivity contribution in [2.45, 2.75) is 58.9 Å². The van der Waals surface area contributed by atoms with Gasteiger partial charge in [-0.15, -0.1) is 0 Å². The van der Waals surface area contributed by atoms with Gasteiger partial charge in [-0.3, -0.25) is 9.59 Å². The molecule has 0 radical (unpaired) electrons. The largest absolute Gasteiger partial charge is 0.379 e. The Kier molecular flexibility index (Phi) is 14.2. The first-order valence-corrected chi connectivity index (χ1v) is 10.7. The lowest BCUT2D eigenvalue weighted by molar-refractivity contribution is -0.127. The molecule has 0 atom stereocenters. The zero-order valence-corrected chi connectivity index (χ0v) is 17.9. The molecule has 0 aromatic carbocycles. The van der Waals surface area contributed by atoms with Crippen molar-refractivity contribution in [3.63, 3.8) is 0 Å². The minimum Gasteiger partial charge on any atom is -0.379 e. The Balaban J connectivity index is 0.00000784. The number of carbonyl (C=O) groups excluding carboxylic acids is 2. The molecule has 1 aliphatic rings. The predicted octanol–water partition coefficient (Wildman–Crippen LogP) is 2.61. The first-order chi connectivity index (χ1) is 13.5.